The molecule has 2 heterocycles. The number of carbonyl (C=O) groups excluding carboxylic acids is 1. The molecule has 2 saturated heterocycles. The van der Waals surface area contributed by atoms with Gasteiger partial charge in [-0.1, -0.05) is 0 Å². The van der Waals surface area contributed by atoms with Gasteiger partial charge in [-0.25, -0.2) is 0 Å². The Morgan fingerprint density at radius 3 is 3.05 bits per heavy atom. The minimum atomic E-state index is -0.176. The molecule has 1 N–H and O–H groups in total. The second kappa shape index (κ2) is 7.19. The average Bonchev–Trinajstić information content (AvgIpc) is 2.39. The van der Waals surface area contributed by atoms with E-state index in [-0.39, 0.29) is 18.1 Å². The molecular weight excluding hydrogens is 246 g/mol. The Morgan fingerprint density at radius 2 is 2.32 bits per heavy atom. The number of rotatable bonds is 4. The number of nitrogens with zero attached hydrogens (tertiary/aromatic N) is 2. The molecule has 110 valence electrons. The quantitative estimate of drug-likeness (QED) is 0.673. The highest BCUT2D eigenvalue weighted by Crippen LogP contribution is 2.11. The molecular formula is C13H25N3O3. The largest absolute Gasteiger partial charge is 0.465 e. The fourth-order valence-corrected chi connectivity index (χ4v) is 2.67. The van der Waals surface area contributed by atoms with Crippen LogP contribution in [0.25, 0.3) is 0 Å². The lowest BCUT2D eigenvalue weighted by Gasteiger charge is -2.39. The molecule has 2 fully saturated rings. The fourth-order valence-electron chi connectivity index (χ4n) is 2.67. The van der Waals surface area contributed by atoms with Crippen molar-refractivity contribution < 1.29 is 14.3 Å². The lowest BCUT2D eigenvalue weighted by atomic mass is 10.1. The fraction of sp³-hybridized carbons (Fsp3) is 0.923. The molecule has 0 aromatic carbocycles. The Morgan fingerprint density at radius 1 is 1.47 bits per heavy atom. The smallest absolute Gasteiger partial charge is 0.324 e. The average molecular weight is 271 g/mol. The zero-order chi connectivity index (χ0) is 13.7. The van der Waals surface area contributed by atoms with E-state index in [9.17, 15) is 4.79 Å². The van der Waals surface area contributed by atoms with Gasteiger partial charge >= 0.3 is 5.97 Å². The number of nitrogens with one attached hydrogen (secondary N) is 1. The summed E-state index contributed by atoms with van der Waals surface area (Å²) >= 11 is 0. The molecule has 2 atom stereocenters. The molecule has 6 nitrogen and oxygen atoms in total. The highest BCUT2D eigenvalue weighted by molar-refractivity contribution is 5.76. The van der Waals surface area contributed by atoms with E-state index in [2.05, 4.69) is 22.2 Å². The van der Waals surface area contributed by atoms with E-state index >= 15 is 0 Å². The lowest BCUT2D eigenvalue weighted by molar-refractivity contribution is -0.151. The number of hydrogen-bond acceptors (Lipinski definition) is 6. The first-order valence-electron chi connectivity index (χ1n) is 7.12. The van der Waals surface area contributed by atoms with Gasteiger partial charge in [-0.3, -0.25) is 9.69 Å². The van der Waals surface area contributed by atoms with Gasteiger partial charge in [-0.15, -0.1) is 0 Å². The summed E-state index contributed by atoms with van der Waals surface area (Å²) in [6.45, 7) is 8.22. The molecule has 2 rings (SSSR count). The number of carbonyl (C=O) groups is 1. The molecule has 0 saturated carbocycles. The van der Waals surface area contributed by atoms with E-state index in [1.807, 2.05) is 6.92 Å². The van der Waals surface area contributed by atoms with Gasteiger partial charge in [0, 0.05) is 39.3 Å². The van der Waals surface area contributed by atoms with Gasteiger partial charge < -0.3 is 19.7 Å². The third-order valence-electron chi connectivity index (χ3n) is 3.69. The summed E-state index contributed by atoms with van der Waals surface area (Å²) in [4.78, 5) is 16.4. The second-order valence-electron chi connectivity index (χ2n) is 5.22. The summed E-state index contributed by atoms with van der Waals surface area (Å²) in [5.41, 5.74) is 0. The second-order valence-corrected chi connectivity index (χ2v) is 5.22. The van der Waals surface area contributed by atoms with E-state index in [1.54, 1.807) is 0 Å². The van der Waals surface area contributed by atoms with Gasteiger partial charge in [0.2, 0.25) is 0 Å². The first kappa shape index (κ1) is 14.7. The summed E-state index contributed by atoms with van der Waals surface area (Å²) in [5.74, 6) is -0.126. The van der Waals surface area contributed by atoms with E-state index in [1.165, 1.54) is 0 Å². The van der Waals surface area contributed by atoms with Crippen molar-refractivity contribution >= 4 is 5.97 Å². The van der Waals surface area contributed by atoms with Gasteiger partial charge in [0.05, 0.1) is 19.3 Å². The van der Waals surface area contributed by atoms with Crippen molar-refractivity contribution in [1.82, 2.24) is 15.1 Å². The topological polar surface area (TPSA) is 54.0 Å². The molecule has 0 radical (unpaired) electrons. The Bertz CT molecular complexity index is 301. The van der Waals surface area contributed by atoms with Crippen LogP contribution in [0.1, 0.15) is 6.92 Å². The molecule has 2 aliphatic heterocycles. The molecule has 0 aromatic rings. The van der Waals surface area contributed by atoms with E-state index in [0.29, 0.717) is 13.2 Å². The van der Waals surface area contributed by atoms with Crippen LogP contribution in [-0.2, 0) is 14.3 Å². The minimum Gasteiger partial charge on any atom is -0.465 e. The van der Waals surface area contributed by atoms with Gasteiger partial charge in [-0.2, -0.15) is 0 Å². The molecule has 2 unspecified atom stereocenters. The lowest BCUT2D eigenvalue weighted by Crippen LogP contribution is -2.58. The van der Waals surface area contributed by atoms with Crippen LogP contribution < -0.4 is 5.32 Å². The van der Waals surface area contributed by atoms with Crippen LogP contribution in [0, 0.1) is 0 Å². The zero-order valence-corrected chi connectivity index (χ0v) is 11.9. The van der Waals surface area contributed by atoms with Crippen LogP contribution in [0.5, 0.6) is 0 Å². The molecule has 0 bridgehead atoms. The number of morpholine rings is 1. The zero-order valence-electron chi connectivity index (χ0n) is 11.9. The van der Waals surface area contributed by atoms with Crippen LogP contribution in [0.3, 0.4) is 0 Å². The van der Waals surface area contributed by atoms with Crippen LogP contribution >= 0.6 is 0 Å². The van der Waals surface area contributed by atoms with Crippen molar-refractivity contribution in [2.75, 3.05) is 59.5 Å². The number of ether oxygens (including phenoxy) is 2. The number of likely N-dealkylation sites (N-methyl/N-ethyl adjacent to an activating group) is 1. The van der Waals surface area contributed by atoms with Gasteiger partial charge in [0.25, 0.3) is 0 Å². The van der Waals surface area contributed by atoms with Gasteiger partial charge in [-0.05, 0) is 14.0 Å². The van der Waals surface area contributed by atoms with Crippen LogP contribution in [0.4, 0.5) is 0 Å². The Hall–Kier alpha value is -0.690. The minimum absolute atomic E-state index is 0.126. The number of esters is 1. The van der Waals surface area contributed by atoms with Crippen molar-refractivity contribution in [2.24, 2.45) is 0 Å². The van der Waals surface area contributed by atoms with Crippen LogP contribution in [-0.4, -0.2) is 87.4 Å². The Labute approximate surface area is 115 Å². The summed E-state index contributed by atoms with van der Waals surface area (Å²) in [6, 6.07) is -0.176. The van der Waals surface area contributed by atoms with Crippen molar-refractivity contribution in [2.45, 2.75) is 19.1 Å². The summed E-state index contributed by atoms with van der Waals surface area (Å²) in [5, 5.41) is 3.26. The normalized spacial score (nSPS) is 30.2. The van der Waals surface area contributed by atoms with Gasteiger partial charge in [0.1, 0.15) is 6.04 Å². The monoisotopic (exact) mass is 271 g/mol. The maximum Gasteiger partial charge on any atom is 0.324 e. The highest BCUT2D eigenvalue weighted by atomic mass is 16.5. The summed E-state index contributed by atoms with van der Waals surface area (Å²) in [7, 11) is 2.11. The summed E-state index contributed by atoms with van der Waals surface area (Å²) < 4.78 is 10.9. The van der Waals surface area contributed by atoms with Crippen molar-refractivity contribution in [3.8, 4) is 0 Å². The predicted octanol–water partition coefficient (Wildman–Crippen LogP) is -0.846. The first-order chi connectivity index (χ1) is 9.20. The SMILES string of the molecule is CCOC(=O)C1CNCCN1CC1CN(C)CCO1. The van der Waals surface area contributed by atoms with E-state index in [4.69, 9.17) is 9.47 Å². The van der Waals surface area contributed by atoms with Crippen molar-refractivity contribution in [3.05, 3.63) is 0 Å². The molecule has 0 aliphatic carbocycles. The van der Waals surface area contributed by atoms with E-state index in [0.717, 1.165) is 39.3 Å². The molecule has 19 heavy (non-hydrogen) atoms. The highest BCUT2D eigenvalue weighted by Gasteiger charge is 2.32. The standard InChI is InChI=1S/C13H25N3O3/c1-3-18-13(17)12-8-14-4-5-16(12)10-11-9-15(2)6-7-19-11/h11-12,14H,3-10H2,1-2H3. The molecule has 0 aromatic heterocycles. The maximum absolute atomic E-state index is 12.0. The molecule has 6 heteroatoms. The van der Waals surface area contributed by atoms with Crippen molar-refractivity contribution in [1.29, 1.82) is 0 Å². The third-order valence-corrected chi connectivity index (χ3v) is 3.69. The Kier molecular flexibility index (Phi) is 5.57. The van der Waals surface area contributed by atoms with Crippen LogP contribution in [0.2, 0.25) is 0 Å². The van der Waals surface area contributed by atoms with Crippen LogP contribution in [0.15, 0.2) is 0 Å². The third kappa shape index (κ3) is 4.14. The Balaban J connectivity index is 1.89. The first-order valence-corrected chi connectivity index (χ1v) is 7.12. The van der Waals surface area contributed by atoms with Gasteiger partial charge in [0.15, 0.2) is 0 Å². The van der Waals surface area contributed by atoms with Crippen molar-refractivity contribution in [3.63, 3.8) is 0 Å². The maximum atomic E-state index is 12.0. The molecule has 0 spiro atoms. The summed E-state index contributed by atoms with van der Waals surface area (Å²) in [6.07, 6.45) is 0.189. The molecule has 0 amide bonds. The van der Waals surface area contributed by atoms with E-state index < -0.39 is 0 Å². The number of hydrogen-bond donors (Lipinski definition) is 1. The number of piperazine rings is 1. The predicted molar refractivity (Wildman–Crippen MR) is 72.1 cm³/mol. The molecule has 2 aliphatic rings.